The molecule has 0 spiro atoms. The highest BCUT2D eigenvalue weighted by atomic mass is 16.5. The van der Waals surface area contributed by atoms with Crippen molar-refractivity contribution in [2.45, 2.75) is 39.8 Å². The van der Waals surface area contributed by atoms with Crippen LogP contribution >= 0.6 is 0 Å². The second kappa shape index (κ2) is 7.27. The molecule has 0 radical (unpaired) electrons. The average Bonchev–Trinajstić information content (AvgIpc) is 2.53. The normalized spacial score (nSPS) is 10.7. The second-order valence-corrected chi connectivity index (χ2v) is 5.42. The van der Waals surface area contributed by atoms with E-state index in [-0.39, 0.29) is 12.2 Å². The lowest BCUT2D eigenvalue weighted by molar-refractivity contribution is 0.279. The van der Waals surface area contributed by atoms with Crippen LogP contribution < -0.4 is 10.3 Å². The van der Waals surface area contributed by atoms with Gasteiger partial charge < -0.3 is 14.4 Å². The Bertz CT molecular complexity index is 704. The lowest BCUT2D eigenvalue weighted by Gasteiger charge is -2.17. The molecule has 4 heteroatoms. The maximum absolute atomic E-state index is 12.5. The molecule has 1 aromatic carbocycles. The van der Waals surface area contributed by atoms with Gasteiger partial charge in [0, 0.05) is 17.7 Å². The number of hydrogen-bond donors (Lipinski definition) is 1. The van der Waals surface area contributed by atoms with Gasteiger partial charge in [0.25, 0.3) is 5.56 Å². The van der Waals surface area contributed by atoms with Crippen molar-refractivity contribution in [2.75, 3.05) is 7.11 Å². The molecule has 1 heterocycles. The number of rotatable bonds is 6. The van der Waals surface area contributed by atoms with E-state index in [2.05, 4.69) is 6.92 Å². The Labute approximate surface area is 131 Å². The molecule has 0 saturated heterocycles. The van der Waals surface area contributed by atoms with Gasteiger partial charge in [-0.15, -0.1) is 0 Å². The van der Waals surface area contributed by atoms with Crippen molar-refractivity contribution in [3.8, 4) is 17.0 Å². The van der Waals surface area contributed by atoms with E-state index in [9.17, 15) is 9.90 Å². The number of nitrogens with zero attached hydrogens (tertiary/aromatic N) is 1. The lowest BCUT2D eigenvalue weighted by Crippen LogP contribution is -2.25. The number of aromatic nitrogens is 1. The molecule has 1 aromatic heterocycles. The number of unbranched alkanes of at least 4 members (excludes halogenated alkanes) is 1. The van der Waals surface area contributed by atoms with Gasteiger partial charge in [-0.05, 0) is 37.6 Å². The van der Waals surface area contributed by atoms with E-state index in [0.29, 0.717) is 12.1 Å². The number of aliphatic hydroxyl groups excluding tert-OH is 1. The van der Waals surface area contributed by atoms with Crippen LogP contribution in [0.3, 0.4) is 0 Å². The zero-order chi connectivity index (χ0) is 16.1. The van der Waals surface area contributed by atoms with Crippen LogP contribution in [0.5, 0.6) is 5.75 Å². The number of aryl methyl sites for hydroxylation is 1. The highest BCUT2D eigenvalue weighted by molar-refractivity contribution is 5.68. The van der Waals surface area contributed by atoms with Crippen molar-refractivity contribution >= 4 is 0 Å². The van der Waals surface area contributed by atoms with Crippen molar-refractivity contribution in [3.63, 3.8) is 0 Å². The first-order valence-electron chi connectivity index (χ1n) is 7.61. The Hall–Kier alpha value is -2.07. The number of ether oxygens (including phenoxy) is 1. The van der Waals surface area contributed by atoms with Crippen LogP contribution in [0.4, 0.5) is 0 Å². The third-order valence-corrected chi connectivity index (χ3v) is 3.79. The molecule has 2 aromatic rings. The van der Waals surface area contributed by atoms with Gasteiger partial charge in [0.2, 0.25) is 0 Å². The number of aliphatic hydroxyl groups is 1. The standard InChI is InChI=1S/C18H23NO3/c1-4-5-10-19-16(8-7-14(12-20)18(19)21)15-11-13(2)6-9-17(15)22-3/h6-9,11,20H,4-5,10,12H2,1-3H3. The molecule has 0 unspecified atom stereocenters. The third-order valence-electron chi connectivity index (χ3n) is 3.79. The smallest absolute Gasteiger partial charge is 0.256 e. The largest absolute Gasteiger partial charge is 0.496 e. The van der Waals surface area contributed by atoms with Crippen LogP contribution in [-0.4, -0.2) is 16.8 Å². The summed E-state index contributed by atoms with van der Waals surface area (Å²) in [5.74, 6) is 0.743. The summed E-state index contributed by atoms with van der Waals surface area (Å²) in [5.41, 5.74) is 3.14. The molecule has 0 aliphatic rings. The number of benzene rings is 1. The number of hydrogen-bond acceptors (Lipinski definition) is 3. The minimum absolute atomic E-state index is 0.128. The Balaban J connectivity index is 2.66. The summed E-state index contributed by atoms with van der Waals surface area (Å²) >= 11 is 0. The average molecular weight is 301 g/mol. The summed E-state index contributed by atoms with van der Waals surface area (Å²) in [4.78, 5) is 12.5. The first kappa shape index (κ1) is 16.3. The fourth-order valence-electron chi connectivity index (χ4n) is 2.54. The summed E-state index contributed by atoms with van der Waals surface area (Å²) in [6, 6.07) is 9.51. The third kappa shape index (κ3) is 3.22. The predicted molar refractivity (Wildman–Crippen MR) is 88.3 cm³/mol. The molecular weight excluding hydrogens is 278 g/mol. The molecule has 2 rings (SSSR count). The van der Waals surface area contributed by atoms with E-state index in [1.165, 1.54) is 0 Å². The minimum Gasteiger partial charge on any atom is -0.496 e. The molecule has 0 fully saturated rings. The van der Waals surface area contributed by atoms with E-state index in [1.54, 1.807) is 17.7 Å². The van der Waals surface area contributed by atoms with Crippen molar-refractivity contribution in [3.05, 3.63) is 51.8 Å². The summed E-state index contributed by atoms with van der Waals surface area (Å²) in [6.07, 6.45) is 1.91. The topological polar surface area (TPSA) is 51.5 Å². The molecular formula is C18H23NO3. The van der Waals surface area contributed by atoms with Gasteiger partial charge in [0.15, 0.2) is 0 Å². The zero-order valence-electron chi connectivity index (χ0n) is 13.4. The van der Waals surface area contributed by atoms with E-state index in [1.807, 2.05) is 31.2 Å². The number of pyridine rings is 1. The van der Waals surface area contributed by atoms with Crippen LogP contribution in [-0.2, 0) is 13.2 Å². The molecule has 118 valence electrons. The predicted octanol–water partition coefficient (Wildman–Crippen LogP) is 3.12. The van der Waals surface area contributed by atoms with Gasteiger partial charge in [-0.1, -0.05) is 25.0 Å². The Morgan fingerprint density at radius 2 is 2.00 bits per heavy atom. The van der Waals surface area contributed by atoms with Gasteiger partial charge in [-0.2, -0.15) is 0 Å². The van der Waals surface area contributed by atoms with Crippen LogP contribution in [0.15, 0.2) is 35.1 Å². The molecule has 4 nitrogen and oxygen atoms in total. The molecule has 0 bridgehead atoms. The fourth-order valence-corrected chi connectivity index (χ4v) is 2.54. The van der Waals surface area contributed by atoms with Crippen molar-refractivity contribution in [2.24, 2.45) is 0 Å². The maximum Gasteiger partial charge on any atom is 0.256 e. The monoisotopic (exact) mass is 301 g/mol. The van der Waals surface area contributed by atoms with E-state index < -0.39 is 0 Å². The Morgan fingerprint density at radius 1 is 1.23 bits per heavy atom. The zero-order valence-corrected chi connectivity index (χ0v) is 13.4. The van der Waals surface area contributed by atoms with Crippen molar-refractivity contribution in [1.29, 1.82) is 0 Å². The molecule has 22 heavy (non-hydrogen) atoms. The Kier molecular flexibility index (Phi) is 5.39. The molecule has 0 amide bonds. The van der Waals surface area contributed by atoms with E-state index in [4.69, 9.17) is 4.74 Å². The van der Waals surface area contributed by atoms with Crippen LogP contribution in [0.25, 0.3) is 11.3 Å². The Morgan fingerprint density at radius 3 is 2.64 bits per heavy atom. The van der Waals surface area contributed by atoms with Gasteiger partial charge in [-0.25, -0.2) is 0 Å². The van der Waals surface area contributed by atoms with Crippen molar-refractivity contribution in [1.82, 2.24) is 4.57 Å². The fraction of sp³-hybridized carbons (Fsp3) is 0.389. The van der Waals surface area contributed by atoms with Crippen LogP contribution in [0.2, 0.25) is 0 Å². The first-order valence-corrected chi connectivity index (χ1v) is 7.61. The molecule has 0 aliphatic carbocycles. The van der Waals surface area contributed by atoms with E-state index >= 15 is 0 Å². The van der Waals surface area contributed by atoms with Gasteiger partial charge in [0.1, 0.15) is 5.75 Å². The van der Waals surface area contributed by atoms with Crippen LogP contribution in [0.1, 0.15) is 30.9 Å². The first-order chi connectivity index (χ1) is 10.6. The highest BCUT2D eigenvalue weighted by Gasteiger charge is 2.13. The lowest BCUT2D eigenvalue weighted by atomic mass is 10.1. The van der Waals surface area contributed by atoms with Gasteiger partial charge in [-0.3, -0.25) is 4.79 Å². The minimum atomic E-state index is -0.240. The van der Waals surface area contributed by atoms with Gasteiger partial charge >= 0.3 is 0 Å². The number of methoxy groups -OCH3 is 1. The summed E-state index contributed by atoms with van der Waals surface area (Å²) in [7, 11) is 1.63. The molecule has 1 N–H and O–H groups in total. The quantitative estimate of drug-likeness (QED) is 0.892. The summed E-state index contributed by atoms with van der Waals surface area (Å²) in [5, 5.41) is 9.34. The van der Waals surface area contributed by atoms with E-state index in [0.717, 1.165) is 35.4 Å². The SMILES string of the molecule is CCCCn1c(-c2cc(C)ccc2OC)ccc(CO)c1=O. The van der Waals surface area contributed by atoms with Crippen LogP contribution in [0, 0.1) is 6.92 Å². The van der Waals surface area contributed by atoms with Gasteiger partial charge in [0.05, 0.1) is 19.4 Å². The summed E-state index contributed by atoms with van der Waals surface area (Å²) < 4.78 is 7.19. The summed E-state index contributed by atoms with van der Waals surface area (Å²) in [6.45, 7) is 4.50. The molecule has 0 saturated carbocycles. The molecule has 0 atom stereocenters. The van der Waals surface area contributed by atoms with Crippen molar-refractivity contribution < 1.29 is 9.84 Å². The highest BCUT2D eigenvalue weighted by Crippen LogP contribution is 2.30. The molecule has 0 aliphatic heterocycles. The second-order valence-electron chi connectivity index (χ2n) is 5.42. The maximum atomic E-state index is 12.5.